The van der Waals surface area contributed by atoms with E-state index in [1.807, 2.05) is 0 Å². The molecule has 0 radical (unpaired) electrons. The zero-order chi connectivity index (χ0) is 47.6. The van der Waals surface area contributed by atoms with Gasteiger partial charge in [0.15, 0.2) is 0 Å². The summed E-state index contributed by atoms with van der Waals surface area (Å²) in [6, 6.07) is 0. The second-order valence-electron chi connectivity index (χ2n) is 12.3. The monoisotopic (exact) mass is 918 g/mol. The molecular weight excluding hydrogens is 865 g/mol. The van der Waals surface area contributed by atoms with Crippen molar-refractivity contribution in [2.75, 3.05) is 182 Å². The zero-order valence-electron chi connectivity index (χ0n) is 37.2. The van der Waals surface area contributed by atoms with Crippen molar-refractivity contribution in [1.82, 2.24) is 44.9 Å². The van der Waals surface area contributed by atoms with E-state index in [2.05, 4.69) is 91.1 Å². The second-order valence-corrected chi connectivity index (χ2v) is 12.3. The summed E-state index contributed by atoms with van der Waals surface area (Å²) in [7, 11) is 6.03. The maximum absolute atomic E-state index is 5.63. The molecule has 0 bridgehead atoms. The van der Waals surface area contributed by atoms with E-state index in [4.69, 9.17) is 84.7 Å². The summed E-state index contributed by atoms with van der Waals surface area (Å²) in [4.78, 5) is 47.8. The van der Waals surface area contributed by atoms with Crippen LogP contribution in [0, 0.1) is 61.7 Å². The molecule has 3 heterocycles. The summed E-state index contributed by atoms with van der Waals surface area (Å²) in [6.07, 6.45) is 26.8. The van der Waals surface area contributed by atoms with Crippen LogP contribution in [0.1, 0.15) is 0 Å². The first kappa shape index (κ1) is 53.0. The SMILES string of the molecule is C#CCOCNc1nc(NCOCC#C)nc(N(CNc2nc(NCOCC#C)nc(N(COC)CN(COC)c3nc(NCOCC#C)nc(N(COC)COCC#C)n3)n2)COC)n1. The van der Waals surface area contributed by atoms with Gasteiger partial charge in [0.05, 0.1) is 6.67 Å². The Bertz CT molecular complexity index is 2050. The van der Waals surface area contributed by atoms with Gasteiger partial charge in [-0.15, -0.1) is 32.1 Å². The fourth-order valence-electron chi connectivity index (χ4n) is 4.81. The van der Waals surface area contributed by atoms with Crippen LogP contribution < -0.4 is 46.2 Å². The van der Waals surface area contributed by atoms with Gasteiger partial charge in [0.1, 0.15) is 100 Å². The molecule has 354 valence electrons. The molecule has 27 heteroatoms. The second kappa shape index (κ2) is 32.3. The molecule has 0 unspecified atom stereocenters. The Morgan fingerprint density at radius 1 is 0.364 bits per heavy atom. The van der Waals surface area contributed by atoms with Gasteiger partial charge < -0.3 is 69.2 Å². The molecule has 0 amide bonds. The van der Waals surface area contributed by atoms with E-state index in [0.29, 0.717) is 0 Å². The average Bonchev–Trinajstić information content (AvgIpc) is 3.32. The van der Waals surface area contributed by atoms with Crippen molar-refractivity contribution in [2.45, 2.75) is 0 Å². The highest BCUT2D eigenvalue weighted by atomic mass is 16.5. The summed E-state index contributed by atoms with van der Waals surface area (Å²) in [6.45, 7) is 0.174. The standard InChI is InChI=1S/C39H54N18O9/c1-10-15-62-21-41-32-45-31(40-20-54(26-58-6)36-48-33(42-22-63-16-11-2)46-34(49-36)43-23-64-17-12-3)47-37(50-32)55(27-59-7)25-56(28-60-8)38-51-35(44-24-65-18-13-4)52-39(53-38)57(29-61-9)30-66-19-14-5/h1-5H,15-30H2,6-9H3,(H,44,51,52,53)(H2,40,41,45,47,50)(H2,42,43,46,48,49). The number of aromatic nitrogens is 9. The van der Waals surface area contributed by atoms with Crippen molar-refractivity contribution in [1.29, 1.82) is 0 Å². The number of nitrogens with zero attached hydrogens (tertiary/aromatic N) is 13. The van der Waals surface area contributed by atoms with Crippen LogP contribution in [0.3, 0.4) is 0 Å². The quantitative estimate of drug-likeness (QED) is 0.0274. The lowest BCUT2D eigenvalue weighted by Crippen LogP contribution is -2.42. The molecule has 3 rings (SSSR count). The van der Waals surface area contributed by atoms with Crippen LogP contribution in [0.25, 0.3) is 0 Å². The molecule has 66 heavy (non-hydrogen) atoms. The molecule has 0 aliphatic carbocycles. The maximum atomic E-state index is 5.63. The third kappa shape index (κ3) is 19.6. The maximum Gasteiger partial charge on any atom is 0.235 e. The number of rotatable bonds is 36. The van der Waals surface area contributed by atoms with Crippen molar-refractivity contribution < 1.29 is 42.6 Å². The number of methoxy groups -OCH3 is 4. The molecule has 5 N–H and O–H groups in total. The van der Waals surface area contributed by atoms with E-state index in [9.17, 15) is 0 Å². The van der Waals surface area contributed by atoms with Crippen molar-refractivity contribution in [3.63, 3.8) is 0 Å². The molecular formula is C39H54N18O9. The van der Waals surface area contributed by atoms with E-state index in [1.54, 1.807) is 19.6 Å². The summed E-state index contributed by atoms with van der Waals surface area (Å²) in [5.41, 5.74) is 0. The van der Waals surface area contributed by atoms with Crippen LogP contribution in [-0.2, 0) is 42.6 Å². The summed E-state index contributed by atoms with van der Waals surface area (Å²) >= 11 is 0. The van der Waals surface area contributed by atoms with Crippen LogP contribution in [0.2, 0.25) is 0 Å². The average molecular weight is 919 g/mol. The number of hydrogen-bond acceptors (Lipinski definition) is 27. The van der Waals surface area contributed by atoms with Gasteiger partial charge in [0.2, 0.25) is 53.5 Å². The molecule has 0 aliphatic heterocycles. The minimum absolute atomic E-state index is 0.000473. The molecule has 0 spiro atoms. The third-order valence-electron chi connectivity index (χ3n) is 7.40. The molecule has 27 nitrogen and oxygen atoms in total. The van der Waals surface area contributed by atoms with Crippen LogP contribution in [-0.4, -0.2) is 180 Å². The zero-order valence-corrected chi connectivity index (χ0v) is 37.2. The minimum Gasteiger partial charge on any atom is -0.364 e. The van der Waals surface area contributed by atoms with E-state index < -0.39 is 0 Å². The fraction of sp³-hybridized carbons (Fsp3) is 0.513. The lowest BCUT2D eigenvalue weighted by molar-refractivity contribution is 0.123. The van der Waals surface area contributed by atoms with Gasteiger partial charge >= 0.3 is 0 Å². The van der Waals surface area contributed by atoms with Gasteiger partial charge in [-0.05, 0) is 0 Å². The van der Waals surface area contributed by atoms with Gasteiger partial charge in [-0.2, -0.15) is 44.9 Å². The lowest BCUT2D eigenvalue weighted by Gasteiger charge is -2.31. The van der Waals surface area contributed by atoms with E-state index in [1.165, 1.54) is 28.4 Å². The summed E-state index contributed by atoms with van der Waals surface area (Å²) < 4.78 is 49.3. The van der Waals surface area contributed by atoms with E-state index in [0.717, 1.165) is 0 Å². The van der Waals surface area contributed by atoms with Gasteiger partial charge in [-0.3, -0.25) is 19.6 Å². The molecule has 3 aromatic heterocycles. The number of anilines is 9. The number of hydrogen-bond donors (Lipinski definition) is 5. The van der Waals surface area contributed by atoms with Crippen LogP contribution in [0.4, 0.5) is 53.5 Å². The van der Waals surface area contributed by atoms with E-state index in [-0.39, 0.29) is 160 Å². The van der Waals surface area contributed by atoms with Gasteiger partial charge in [0.25, 0.3) is 0 Å². The van der Waals surface area contributed by atoms with Crippen LogP contribution in [0.5, 0.6) is 0 Å². The molecule has 0 saturated heterocycles. The Kier molecular flexibility index (Phi) is 26.0. The highest BCUT2D eigenvalue weighted by molar-refractivity contribution is 5.49. The largest absolute Gasteiger partial charge is 0.364 e. The first-order valence-electron chi connectivity index (χ1n) is 19.4. The van der Waals surface area contributed by atoms with Crippen molar-refractivity contribution in [3.05, 3.63) is 0 Å². The molecule has 0 aliphatic rings. The highest BCUT2D eigenvalue weighted by Gasteiger charge is 2.23. The highest BCUT2D eigenvalue weighted by Crippen LogP contribution is 2.21. The first-order chi connectivity index (χ1) is 32.4. The Labute approximate surface area is 383 Å². The Morgan fingerprint density at radius 3 is 1.06 bits per heavy atom. The van der Waals surface area contributed by atoms with Crippen molar-refractivity contribution >= 4 is 53.5 Å². The predicted molar refractivity (Wildman–Crippen MR) is 243 cm³/mol. The molecule has 0 aromatic carbocycles. The molecule has 0 saturated carbocycles. The smallest absolute Gasteiger partial charge is 0.235 e. The Hall–Kier alpha value is -7.33. The predicted octanol–water partition coefficient (Wildman–Crippen LogP) is -0.706. The number of ether oxygens (including phenoxy) is 9. The molecule has 3 aromatic rings. The molecule has 0 fully saturated rings. The van der Waals surface area contributed by atoms with Crippen molar-refractivity contribution in [2.24, 2.45) is 0 Å². The van der Waals surface area contributed by atoms with Gasteiger partial charge in [0, 0.05) is 28.4 Å². The summed E-state index contributed by atoms with van der Waals surface area (Å²) in [5, 5.41) is 15.1. The summed E-state index contributed by atoms with van der Waals surface area (Å²) in [5.74, 6) is 13.3. The van der Waals surface area contributed by atoms with Crippen molar-refractivity contribution in [3.8, 4) is 61.7 Å². The first-order valence-corrected chi connectivity index (χ1v) is 19.4. The van der Waals surface area contributed by atoms with E-state index >= 15 is 0 Å². The topological polar surface area (TPSA) is 272 Å². The van der Waals surface area contributed by atoms with Crippen LogP contribution in [0.15, 0.2) is 0 Å². The Balaban J connectivity index is 2.05. The normalized spacial score (nSPS) is 10.3. The van der Waals surface area contributed by atoms with Crippen LogP contribution >= 0.6 is 0 Å². The third-order valence-corrected chi connectivity index (χ3v) is 7.40. The molecule has 0 atom stereocenters. The minimum atomic E-state index is -0.0439. The lowest BCUT2D eigenvalue weighted by atomic mass is 10.6. The Morgan fingerprint density at radius 2 is 0.667 bits per heavy atom. The van der Waals surface area contributed by atoms with Gasteiger partial charge in [-0.25, -0.2) is 0 Å². The van der Waals surface area contributed by atoms with Gasteiger partial charge in [-0.1, -0.05) is 29.6 Å². The number of nitrogens with one attached hydrogen (secondary N) is 5. The fourth-order valence-corrected chi connectivity index (χ4v) is 4.81. The number of terminal acetylenes is 5.